The van der Waals surface area contributed by atoms with Gasteiger partial charge in [-0.2, -0.15) is 4.65 Å². The number of aromatic amines is 1. The summed E-state index contributed by atoms with van der Waals surface area (Å²) in [5, 5.41) is 12.4. The highest BCUT2D eigenvalue weighted by molar-refractivity contribution is 5.82. The average molecular weight is 317 g/mol. The summed E-state index contributed by atoms with van der Waals surface area (Å²) in [5.74, 6) is 1.26. The fourth-order valence-corrected chi connectivity index (χ4v) is 3.00. The standard InChI is InChI=1S/C20H33N2O/c1-16(2)9-12-22(23,13-10-17(3)4)14-11-18-15-21-20-8-6-5-7-19(18)20/h5-8,15-17,21,23H,9-14H2,1-4H3/q+1. The van der Waals surface area contributed by atoms with Gasteiger partial charge in [-0.15, -0.1) is 0 Å². The molecule has 3 nitrogen and oxygen atoms in total. The monoisotopic (exact) mass is 317 g/mol. The smallest absolute Gasteiger partial charge is 0.113 e. The maximum absolute atomic E-state index is 11.1. The van der Waals surface area contributed by atoms with Crippen molar-refractivity contribution >= 4 is 10.9 Å². The van der Waals surface area contributed by atoms with Gasteiger partial charge in [-0.3, -0.25) is 0 Å². The zero-order chi connectivity index (χ0) is 16.9. The van der Waals surface area contributed by atoms with Gasteiger partial charge < -0.3 is 4.98 Å². The van der Waals surface area contributed by atoms with E-state index in [1.54, 1.807) is 0 Å². The Morgan fingerprint density at radius 2 is 1.57 bits per heavy atom. The molecule has 2 aromatic rings. The van der Waals surface area contributed by atoms with E-state index >= 15 is 0 Å². The third-order valence-electron chi connectivity index (χ3n) is 4.72. The molecule has 0 aliphatic rings. The molecule has 1 heterocycles. The zero-order valence-electron chi connectivity index (χ0n) is 15.2. The SMILES string of the molecule is CC(C)CC[N+](O)(CCc1c[nH]c2ccccc12)CCC(C)C. The van der Waals surface area contributed by atoms with Crippen LogP contribution < -0.4 is 0 Å². The lowest BCUT2D eigenvalue weighted by atomic mass is 10.1. The lowest BCUT2D eigenvalue weighted by Crippen LogP contribution is -2.48. The third kappa shape index (κ3) is 5.36. The predicted molar refractivity (Wildman–Crippen MR) is 97.6 cm³/mol. The summed E-state index contributed by atoms with van der Waals surface area (Å²) in [6.07, 6.45) is 5.15. The Morgan fingerprint density at radius 1 is 0.957 bits per heavy atom. The van der Waals surface area contributed by atoms with Gasteiger partial charge in [0.2, 0.25) is 0 Å². The number of nitrogens with zero attached hydrogens (tertiary/aromatic N) is 1. The molecule has 3 heteroatoms. The molecule has 0 unspecified atom stereocenters. The van der Waals surface area contributed by atoms with E-state index in [0.717, 1.165) is 38.9 Å². The number of fused-ring (bicyclic) bond motifs is 1. The number of para-hydroxylation sites is 1. The summed E-state index contributed by atoms with van der Waals surface area (Å²) in [6, 6.07) is 8.41. The molecule has 0 saturated heterocycles. The molecule has 0 fully saturated rings. The Bertz CT molecular complexity index is 588. The number of hydrogen-bond acceptors (Lipinski definition) is 1. The van der Waals surface area contributed by atoms with Crippen molar-refractivity contribution < 1.29 is 9.85 Å². The number of quaternary nitrogens is 1. The molecule has 128 valence electrons. The minimum Gasteiger partial charge on any atom is -0.361 e. The van der Waals surface area contributed by atoms with Crippen molar-refractivity contribution in [2.45, 2.75) is 47.0 Å². The minimum absolute atomic E-state index is 0.204. The Balaban J connectivity index is 2.04. The second-order valence-corrected chi connectivity index (χ2v) is 7.74. The average Bonchev–Trinajstić information content (AvgIpc) is 2.93. The van der Waals surface area contributed by atoms with E-state index in [2.05, 4.69) is 63.1 Å². The first-order valence-corrected chi connectivity index (χ1v) is 9.03. The molecule has 0 aliphatic carbocycles. The molecular weight excluding hydrogens is 284 g/mol. The first kappa shape index (κ1) is 18.0. The maximum Gasteiger partial charge on any atom is 0.113 e. The van der Waals surface area contributed by atoms with Gasteiger partial charge in [-0.1, -0.05) is 45.9 Å². The van der Waals surface area contributed by atoms with E-state index in [4.69, 9.17) is 0 Å². The summed E-state index contributed by atoms with van der Waals surface area (Å²) >= 11 is 0. The molecule has 23 heavy (non-hydrogen) atoms. The number of H-pyrrole nitrogens is 1. The number of rotatable bonds is 9. The summed E-state index contributed by atoms with van der Waals surface area (Å²) in [4.78, 5) is 3.34. The summed E-state index contributed by atoms with van der Waals surface area (Å²) in [7, 11) is 0. The second-order valence-electron chi connectivity index (χ2n) is 7.74. The lowest BCUT2D eigenvalue weighted by molar-refractivity contribution is -1.10. The molecule has 2 rings (SSSR count). The summed E-state index contributed by atoms with van der Waals surface area (Å²) < 4.78 is 0.204. The van der Waals surface area contributed by atoms with Gasteiger partial charge in [0.1, 0.15) is 19.6 Å². The molecule has 2 N–H and O–H groups in total. The van der Waals surface area contributed by atoms with E-state index in [0.29, 0.717) is 11.8 Å². The fourth-order valence-electron chi connectivity index (χ4n) is 3.00. The minimum atomic E-state index is 0.204. The van der Waals surface area contributed by atoms with Crippen LogP contribution in [0.2, 0.25) is 0 Å². The Morgan fingerprint density at radius 3 is 2.17 bits per heavy atom. The highest BCUT2D eigenvalue weighted by Gasteiger charge is 2.26. The van der Waals surface area contributed by atoms with E-state index in [9.17, 15) is 5.21 Å². The van der Waals surface area contributed by atoms with Gasteiger partial charge in [0.05, 0.1) is 0 Å². The molecule has 0 spiro atoms. The van der Waals surface area contributed by atoms with Crippen LogP contribution in [-0.4, -0.2) is 34.5 Å². The molecule has 0 atom stereocenters. The Labute approximate surface area is 140 Å². The Hall–Kier alpha value is -1.32. The first-order chi connectivity index (χ1) is 10.9. The number of nitrogens with one attached hydrogen (secondary N) is 1. The van der Waals surface area contributed by atoms with Crippen LogP contribution in [-0.2, 0) is 6.42 Å². The lowest BCUT2D eigenvalue weighted by Gasteiger charge is -2.31. The molecule has 0 amide bonds. The topological polar surface area (TPSA) is 36.0 Å². The van der Waals surface area contributed by atoms with Gasteiger partial charge in [0.25, 0.3) is 0 Å². The van der Waals surface area contributed by atoms with Crippen LogP contribution in [0.3, 0.4) is 0 Å². The van der Waals surface area contributed by atoms with Crippen molar-refractivity contribution in [3.05, 3.63) is 36.0 Å². The van der Waals surface area contributed by atoms with Crippen molar-refractivity contribution in [3.63, 3.8) is 0 Å². The first-order valence-electron chi connectivity index (χ1n) is 9.03. The van der Waals surface area contributed by atoms with Crippen LogP contribution in [0.4, 0.5) is 0 Å². The maximum atomic E-state index is 11.1. The quantitative estimate of drug-likeness (QED) is 0.495. The normalized spacial score (nSPS) is 12.7. The number of hydrogen-bond donors (Lipinski definition) is 2. The van der Waals surface area contributed by atoms with Crippen LogP contribution in [0.15, 0.2) is 30.5 Å². The van der Waals surface area contributed by atoms with Gasteiger partial charge in [0.15, 0.2) is 0 Å². The third-order valence-corrected chi connectivity index (χ3v) is 4.72. The van der Waals surface area contributed by atoms with E-state index < -0.39 is 0 Å². The van der Waals surface area contributed by atoms with Gasteiger partial charge in [0, 0.05) is 36.4 Å². The summed E-state index contributed by atoms with van der Waals surface area (Å²) in [5.41, 5.74) is 2.49. The number of benzene rings is 1. The van der Waals surface area contributed by atoms with Crippen LogP contribution >= 0.6 is 0 Å². The fraction of sp³-hybridized carbons (Fsp3) is 0.600. The summed E-state index contributed by atoms with van der Waals surface area (Å²) in [6.45, 7) is 11.4. The molecule has 0 saturated carbocycles. The van der Waals surface area contributed by atoms with Crippen molar-refractivity contribution in [1.82, 2.24) is 4.98 Å². The highest BCUT2D eigenvalue weighted by Crippen LogP contribution is 2.20. The van der Waals surface area contributed by atoms with Crippen LogP contribution in [0.25, 0.3) is 10.9 Å². The molecule has 1 aromatic carbocycles. The van der Waals surface area contributed by atoms with Crippen molar-refractivity contribution in [2.75, 3.05) is 19.6 Å². The number of aromatic nitrogens is 1. The van der Waals surface area contributed by atoms with Crippen molar-refractivity contribution in [1.29, 1.82) is 0 Å². The molecule has 0 bridgehead atoms. The predicted octanol–water partition coefficient (Wildman–Crippen LogP) is 5.01. The van der Waals surface area contributed by atoms with Gasteiger partial charge in [-0.25, -0.2) is 5.21 Å². The molecule has 0 radical (unpaired) electrons. The van der Waals surface area contributed by atoms with Crippen LogP contribution in [0, 0.1) is 11.8 Å². The molecule has 0 aliphatic heterocycles. The number of hydroxylamine groups is 3. The van der Waals surface area contributed by atoms with Gasteiger partial charge >= 0.3 is 0 Å². The zero-order valence-corrected chi connectivity index (χ0v) is 15.2. The van der Waals surface area contributed by atoms with E-state index in [1.807, 2.05) is 0 Å². The van der Waals surface area contributed by atoms with E-state index in [1.165, 1.54) is 16.5 Å². The van der Waals surface area contributed by atoms with Crippen LogP contribution in [0.5, 0.6) is 0 Å². The van der Waals surface area contributed by atoms with E-state index in [-0.39, 0.29) is 4.65 Å². The molecule has 1 aromatic heterocycles. The molecular formula is C20H33N2O+. The van der Waals surface area contributed by atoms with Crippen molar-refractivity contribution in [3.8, 4) is 0 Å². The van der Waals surface area contributed by atoms with Crippen molar-refractivity contribution in [2.24, 2.45) is 11.8 Å². The Kier molecular flexibility index (Phi) is 6.25. The van der Waals surface area contributed by atoms with Crippen LogP contribution in [0.1, 0.15) is 46.1 Å². The largest absolute Gasteiger partial charge is 0.361 e. The second kappa shape index (κ2) is 7.98. The van der Waals surface area contributed by atoms with Gasteiger partial charge in [-0.05, 0) is 23.5 Å². The highest BCUT2D eigenvalue weighted by atomic mass is 16.5.